The molecule has 1 aliphatic rings. The quantitative estimate of drug-likeness (QED) is 0.818. The average Bonchev–Trinajstić information content (AvgIpc) is 2.86. The third kappa shape index (κ3) is 2.24. The van der Waals surface area contributed by atoms with E-state index >= 15 is 0 Å². The summed E-state index contributed by atoms with van der Waals surface area (Å²) in [6, 6.07) is 8.24. The molecule has 0 aromatic heterocycles. The zero-order valence-electron chi connectivity index (χ0n) is 10.9. The number of carbonyl (C=O) groups is 1. The van der Waals surface area contributed by atoms with E-state index < -0.39 is 5.92 Å². The van der Waals surface area contributed by atoms with Crippen LogP contribution in [0.4, 0.5) is 5.69 Å². The first kappa shape index (κ1) is 12.6. The standard InChI is InChI=1S/C15H18N2O/c1-3-11(10-16)15(18)17(2)14-8-7-12-5-4-6-13(12)9-14/h7-9,11H,3-6H2,1-2H3. The number of hydrogen-bond acceptors (Lipinski definition) is 2. The van der Waals surface area contributed by atoms with Crippen molar-refractivity contribution in [3.8, 4) is 6.07 Å². The zero-order valence-corrected chi connectivity index (χ0v) is 10.9. The number of rotatable bonds is 3. The molecule has 1 atom stereocenters. The molecule has 3 heteroatoms. The molecule has 18 heavy (non-hydrogen) atoms. The van der Waals surface area contributed by atoms with Crippen LogP contribution in [0.15, 0.2) is 18.2 Å². The topological polar surface area (TPSA) is 44.1 Å². The molecule has 3 nitrogen and oxygen atoms in total. The van der Waals surface area contributed by atoms with Crippen LogP contribution >= 0.6 is 0 Å². The molecule has 1 aromatic carbocycles. The smallest absolute Gasteiger partial charge is 0.244 e. The molecule has 0 saturated carbocycles. The monoisotopic (exact) mass is 242 g/mol. The number of aryl methyl sites for hydroxylation is 2. The number of carbonyl (C=O) groups excluding carboxylic acids is 1. The van der Waals surface area contributed by atoms with Gasteiger partial charge >= 0.3 is 0 Å². The van der Waals surface area contributed by atoms with E-state index in [1.54, 1.807) is 11.9 Å². The van der Waals surface area contributed by atoms with Crippen LogP contribution in [0, 0.1) is 17.2 Å². The van der Waals surface area contributed by atoms with E-state index in [0.29, 0.717) is 6.42 Å². The van der Waals surface area contributed by atoms with Crippen molar-refractivity contribution in [2.24, 2.45) is 5.92 Å². The molecule has 94 valence electrons. The minimum absolute atomic E-state index is 0.113. The van der Waals surface area contributed by atoms with Crippen LogP contribution in [0.25, 0.3) is 0 Å². The van der Waals surface area contributed by atoms with E-state index in [2.05, 4.69) is 18.2 Å². The van der Waals surface area contributed by atoms with E-state index in [1.807, 2.05) is 13.0 Å². The summed E-state index contributed by atoms with van der Waals surface area (Å²) in [4.78, 5) is 13.7. The third-order valence-electron chi connectivity index (χ3n) is 3.66. The summed E-state index contributed by atoms with van der Waals surface area (Å²) in [5.74, 6) is -0.652. The molecular formula is C15H18N2O. The summed E-state index contributed by atoms with van der Waals surface area (Å²) in [6.07, 6.45) is 4.00. The van der Waals surface area contributed by atoms with Crippen molar-refractivity contribution in [2.75, 3.05) is 11.9 Å². The lowest BCUT2D eigenvalue weighted by Gasteiger charge is -2.20. The Kier molecular flexibility index (Phi) is 3.66. The van der Waals surface area contributed by atoms with E-state index in [1.165, 1.54) is 17.5 Å². The molecule has 0 radical (unpaired) electrons. The normalized spacial score (nSPS) is 14.7. The fourth-order valence-electron chi connectivity index (χ4n) is 2.45. The maximum absolute atomic E-state index is 12.1. The van der Waals surface area contributed by atoms with Crippen LogP contribution < -0.4 is 4.90 Å². The van der Waals surface area contributed by atoms with Gasteiger partial charge in [0, 0.05) is 12.7 Å². The summed E-state index contributed by atoms with van der Waals surface area (Å²) in [7, 11) is 1.75. The summed E-state index contributed by atoms with van der Waals surface area (Å²) < 4.78 is 0. The van der Waals surface area contributed by atoms with E-state index in [9.17, 15) is 4.79 Å². The number of hydrogen-bond donors (Lipinski definition) is 0. The van der Waals surface area contributed by atoms with Crippen molar-refractivity contribution in [3.05, 3.63) is 29.3 Å². The highest BCUT2D eigenvalue weighted by molar-refractivity contribution is 5.96. The van der Waals surface area contributed by atoms with Crippen molar-refractivity contribution >= 4 is 11.6 Å². The van der Waals surface area contributed by atoms with Crippen molar-refractivity contribution in [2.45, 2.75) is 32.6 Å². The number of anilines is 1. The van der Waals surface area contributed by atoms with Gasteiger partial charge in [-0.3, -0.25) is 4.79 Å². The molecule has 0 fully saturated rings. The molecule has 1 unspecified atom stereocenters. The van der Waals surface area contributed by atoms with Gasteiger partial charge in [0.15, 0.2) is 0 Å². The van der Waals surface area contributed by atoms with Gasteiger partial charge in [0.2, 0.25) is 5.91 Å². The summed E-state index contributed by atoms with van der Waals surface area (Å²) >= 11 is 0. The fraction of sp³-hybridized carbons (Fsp3) is 0.467. The Hall–Kier alpha value is -1.82. The lowest BCUT2D eigenvalue weighted by Crippen LogP contribution is -2.32. The molecule has 1 aliphatic carbocycles. The van der Waals surface area contributed by atoms with Crippen LogP contribution in [-0.4, -0.2) is 13.0 Å². The SMILES string of the molecule is CCC(C#N)C(=O)N(C)c1ccc2c(c1)CCC2. The van der Waals surface area contributed by atoms with Gasteiger partial charge in [-0.05, 0) is 48.9 Å². The minimum atomic E-state index is -0.539. The van der Waals surface area contributed by atoms with Crippen molar-refractivity contribution in [1.29, 1.82) is 5.26 Å². The second-order valence-electron chi connectivity index (χ2n) is 4.79. The molecule has 0 heterocycles. The van der Waals surface area contributed by atoms with Gasteiger partial charge in [-0.2, -0.15) is 5.26 Å². The van der Waals surface area contributed by atoms with Crippen LogP contribution in [0.5, 0.6) is 0 Å². The van der Waals surface area contributed by atoms with Gasteiger partial charge in [-0.25, -0.2) is 0 Å². The van der Waals surface area contributed by atoms with Gasteiger partial charge in [0.1, 0.15) is 5.92 Å². The predicted molar refractivity (Wildman–Crippen MR) is 71.3 cm³/mol. The number of amides is 1. The number of benzene rings is 1. The lowest BCUT2D eigenvalue weighted by atomic mass is 10.1. The van der Waals surface area contributed by atoms with Gasteiger partial charge in [0.05, 0.1) is 6.07 Å². The largest absolute Gasteiger partial charge is 0.314 e. The lowest BCUT2D eigenvalue weighted by molar-refractivity contribution is -0.120. The molecule has 1 amide bonds. The minimum Gasteiger partial charge on any atom is -0.314 e. The van der Waals surface area contributed by atoms with Crippen molar-refractivity contribution in [3.63, 3.8) is 0 Å². The van der Waals surface area contributed by atoms with Gasteiger partial charge in [-0.15, -0.1) is 0 Å². The molecule has 0 aliphatic heterocycles. The Morgan fingerprint density at radius 2 is 2.17 bits per heavy atom. The Bertz CT molecular complexity index is 502. The molecule has 0 bridgehead atoms. The fourth-order valence-corrected chi connectivity index (χ4v) is 2.45. The molecule has 0 spiro atoms. The Morgan fingerprint density at radius 3 is 2.83 bits per heavy atom. The van der Waals surface area contributed by atoms with Crippen molar-refractivity contribution < 1.29 is 4.79 Å². The van der Waals surface area contributed by atoms with Crippen molar-refractivity contribution in [1.82, 2.24) is 0 Å². The second-order valence-corrected chi connectivity index (χ2v) is 4.79. The van der Waals surface area contributed by atoms with Crippen LogP contribution in [0.1, 0.15) is 30.9 Å². The molecule has 1 aromatic rings. The third-order valence-corrected chi connectivity index (χ3v) is 3.66. The first-order valence-electron chi connectivity index (χ1n) is 6.46. The maximum Gasteiger partial charge on any atom is 0.244 e. The molecule has 2 rings (SSSR count). The maximum atomic E-state index is 12.1. The summed E-state index contributed by atoms with van der Waals surface area (Å²) in [5, 5.41) is 8.95. The van der Waals surface area contributed by atoms with Crippen LogP contribution in [0.3, 0.4) is 0 Å². The Balaban J connectivity index is 2.21. The number of nitrogens with zero attached hydrogens (tertiary/aromatic N) is 2. The van der Waals surface area contributed by atoms with E-state index in [-0.39, 0.29) is 5.91 Å². The number of nitriles is 1. The highest BCUT2D eigenvalue weighted by Gasteiger charge is 2.22. The molecular weight excluding hydrogens is 224 g/mol. The van der Waals surface area contributed by atoms with Crippen LogP contribution in [0.2, 0.25) is 0 Å². The van der Waals surface area contributed by atoms with Gasteiger partial charge in [0.25, 0.3) is 0 Å². The molecule has 0 saturated heterocycles. The first-order valence-corrected chi connectivity index (χ1v) is 6.46. The predicted octanol–water partition coefficient (Wildman–Crippen LogP) is 2.69. The van der Waals surface area contributed by atoms with E-state index in [4.69, 9.17) is 5.26 Å². The van der Waals surface area contributed by atoms with E-state index in [0.717, 1.165) is 18.5 Å². The van der Waals surface area contributed by atoms with Gasteiger partial charge in [-0.1, -0.05) is 13.0 Å². The number of fused-ring (bicyclic) bond motifs is 1. The highest BCUT2D eigenvalue weighted by atomic mass is 16.2. The second kappa shape index (κ2) is 5.22. The van der Waals surface area contributed by atoms with Gasteiger partial charge < -0.3 is 4.90 Å². The highest BCUT2D eigenvalue weighted by Crippen LogP contribution is 2.27. The first-order chi connectivity index (χ1) is 8.67. The molecule has 0 N–H and O–H groups in total. The summed E-state index contributed by atoms with van der Waals surface area (Å²) in [5.41, 5.74) is 3.64. The average molecular weight is 242 g/mol. The Morgan fingerprint density at radius 1 is 1.44 bits per heavy atom. The summed E-state index contributed by atoms with van der Waals surface area (Å²) in [6.45, 7) is 1.86. The zero-order chi connectivity index (χ0) is 13.1. The van der Waals surface area contributed by atoms with Crippen LogP contribution in [-0.2, 0) is 17.6 Å². The Labute approximate surface area is 108 Å².